The van der Waals surface area contributed by atoms with Gasteiger partial charge >= 0.3 is 6.18 Å². The van der Waals surface area contributed by atoms with E-state index >= 15 is 0 Å². The Labute approximate surface area is 83.1 Å². The normalized spacial score (nSPS) is 31.5. The minimum atomic E-state index is -4.11. The largest absolute Gasteiger partial charge is 0.403 e. The van der Waals surface area contributed by atoms with Crippen LogP contribution < -0.4 is 5.32 Å². The third-order valence-corrected chi connectivity index (χ3v) is 3.07. The first kappa shape index (κ1) is 11.8. The van der Waals surface area contributed by atoms with Crippen molar-refractivity contribution in [3.63, 3.8) is 0 Å². The van der Waals surface area contributed by atoms with E-state index in [1.165, 1.54) is 6.92 Å². The molecular formula is C10H18F3N. The number of rotatable bonds is 2. The maximum atomic E-state index is 12.3. The quantitative estimate of drug-likeness (QED) is 0.736. The van der Waals surface area contributed by atoms with Crippen LogP contribution in [0.1, 0.15) is 39.5 Å². The Kier molecular flexibility index (Phi) is 3.81. The van der Waals surface area contributed by atoms with Crippen LogP contribution in [-0.4, -0.2) is 18.3 Å². The SMILES string of the molecule is CC1CCCCC1NC(C)C(F)(F)F. The van der Waals surface area contributed by atoms with E-state index in [0.29, 0.717) is 5.92 Å². The Morgan fingerprint density at radius 2 is 1.79 bits per heavy atom. The average Bonchev–Trinajstić information content (AvgIpc) is 2.07. The van der Waals surface area contributed by atoms with E-state index in [1.54, 1.807) is 0 Å². The minimum absolute atomic E-state index is 0.0420. The second kappa shape index (κ2) is 4.51. The second-order valence-corrected chi connectivity index (χ2v) is 4.30. The van der Waals surface area contributed by atoms with Gasteiger partial charge in [0.25, 0.3) is 0 Å². The van der Waals surface area contributed by atoms with Crippen molar-refractivity contribution < 1.29 is 13.2 Å². The van der Waals surface area contributed by atoms with Crippen LogP contribution in [0.2, 0.25) is 0 Å². The van der Waals surface area contributed by atoms with Gasteiger partial charge in [-0.05, 0) is 25.7 Å². The highest BCUT2D eigenvalue weighted by Crippen LogP contribution is 2.27. The van der Waals surface area contributed by atoms with Gasteiger partial charge in [0, 0.05) is 6.04 Å². The summed E-state index contributed by atoms with van der Waals surface area (Å²) in [6, 6.07) is -1.34. The summed E-state index contributed by atoms with van der Waals surface area (Å²) in [5, 5.41) is 2.68. The lowest BCUT2D eigenvalue weighted by molar-refractivity contribution is -0.154. The van der Waals surface area contributed by atoms with Crippen molar-refractivity contribution in [2.75, 3.05) is 0 Å². The molecule has 0 amide bonds. The van der Waals surface area contributed by atoms with Gasteiger partial charge in [0.1, 0.15) is 6.04 Å². The molecule has 0 radical (unpaired) electrons. The van der Waals surface area contributed by atoms with Crippen molar-refractivity contribution in [1.82, 2.24) is 5.32 Å². The molecule has 0 spiro atoms. The monoisotopic (exact) mass is 209 g/mol. The highest BCUT2D eigenvalue weighted by atomic mass is 19.4. The highest BCUT2D eigenvalue weighted by Gasteiger charge is 2.38. The van der Waals surface area contributed by atoms with E-state index in [4.69, 9.17) is 0 Å². The summed E-state index contributed by atoms with van der Waals surface area (Å²) in [6.07, 6.45) is 0.00727. The van der Waals surface area contributed by atoms with Gasteiger partial charge in [-0.1, -0.05) is 19.8 Å². The van der Waals surface area contributed by atoms with Gasteiger partial charge in [-0.15, -0.1) is 0 Å². The van der Waals surface area contributed by atoms with E-state index < -0.39 is 12.2 Å². The van der Waals surface area contributed by atoms with Crippen molar-refractivity contribution in [1.29, 1.82) is 0 Å². The van der Waals surface area contributed by atoms with Crippen molar-refractivity contribution in [2.24, 2.45) is 5.92 Å². The lowest BCUT2D eigenvalue weighted by Crippen LogP contribution is -2.48. The smallest absolute Gasteiger partial charge is 0.303 e. The molecule has 3 atom stereocenters. The fraction of sp³-hybridized carbons (Fsp3) is 1.00. The molecule has 1 nitrogen and oxygen atoms in total. The summed E-state index contributed by atoms with van der Waals surface area (Å²) >= 11 is 0. The van der Waals surface area contributed by atoms with Crippen molar-refractivity contribution in [2.45, 2.75) is 57.8 Å². The maximum Gasteiger partial charge on any atom is 0.403 e. The number of alkyl halides is 3. The van der Waals surface area contributed by atoms with E-state index in [-0.39, 0.29) is 6.04 Å². The highest BCUT2D eigenvalue weighted by molar-refractivity contribution is 4.82. The molecule has 0 aliphatic heterocycles. The lowest BCUT2D eigenvalue weighted by Gasteiger charge is -2.32. The Morgan fingerprint density at radius 3 is 2.29 bits per heavy atom. The number of halogens is 3. The molecule has 1 saturated carbocycles. The molecule has 1 aliphatic carbocycles. The summed E-state index contributed by atoms with van der Waals surface area (Å²) in [7, 11) is 0. The molecule has 1 rings (SSSR count). The van der Waals surface area contributed by atoms with Gasteiger partial charge in [-0.3, -0.25) is 0 Å². The topological polar surface area (TPSA) is 12.0 Å². The molecule has 84 valence electrons. The molecule has 0 aromatic rings. The van der Waals surface area contributed by atoms with Gasteiger partial charge in [-0.25, -0.2) is 0 Å². The Morgan fingerprint density at radius 1 is 1.21 bits per heavy atom. The van der Waals surface area contributed by atoms with Gasteiger partial charge in [0.15, 0.2) is 0 Å². The zero-order chi connectivity index (χ0) is 10.8. The molecule has 1 N–H and O–H groups in total. The number of hydrogen-bond acceptors (Lipinski definition) is 1. The predicted molar refractivity (Wildman–Crippen MR) is 50.1 cm³/mol. The van der Waals surface area contributed by atoms with Gasteiger partial charge in [0.05, 0.1) is 0 Å². The molecule has 0 bridgehead atoms. The zero-order valence-corrected chi connectivity index (χ0v) is 8.69. The Hall–Kier alpha value is -0.250. The van der Waals surface area contributed by atoms with Crippen molar-refractivity contribution in [3.05, 3.63) is 0 Å². The van der Waals surface area contributed by atoms with Crippen molar-refractivity contribution in [3.8, 4) is 0 Å². The molecule has 4 heteroatoms. The minimum Gasteiger partial charge on any atom is -0.303 e. The van der Waals surface area contributed by atoms with E-state index in [0.717, 1.165) is 25.7 Å². The van der Waals surface area contributed by atoms with Crippen LogP contribution in [0.15, 0.2) is 0 Å². The third-order valence-electron chi connectivity index (χ3n) is 3.07. The molecule has 3 unspecified atom stereocenters. The predicted octanol–water partition coefficient (Wildman–Crippen LogP) is 3.11. The van der Waals surface area contributed by atoms with Crippen LogP contribution in [0, 0.1) is 5.92 Å². The maximum absolute atomic E-state index is 12.3. The first-order valence-corrected chi connectivity index (χ1v) is 5.24. The zero-order valence-electron chi connectivity index (χ0n) is 8.69. The molecule has 0 heterocycles. The molecular weight excluding hydrogens is 191 g/mol. The van der Waals surface area contributed by atoms with Gasteiger partial charge in [0.2, 0.25) is 0 Å². The fourth-order valence-electron chi connectivity index (χ4n) is 1.98. The Balaban J connectivity index is 2.42. The van der Waals surface area contributed by atoms with Gasteiger partial charge < -0.3 is 5.32 Å². The van der Waals surface area contributed by atoms with Gasteiger partial charge in [-0.2, -0.15) is 13.2 Å². The van der Waals surface area contributed by atoms with Crippen LogP contribution >= 0.6 is 0 Å². The van der Waals surface area contributed by atoms with E-state index in [9.17, 15) is 13.2 Å². The summed E-state index contributed by atoms with van der Waals surface area (Å²) in [6.45, 7) is 3.22. The third kappa shape index (κ3) is 3.15. The Bertz CT molecular complexity index is 179. The van der Waals surface area contributed by atoms with Crippen LogP contribution in [0.25, 0.3) is 0 Å². The first-order chi connectivity index (χ1) is 6.41. The lowest BCUT2D eigenvalue weighted by atomic mass is 9.85. The fourth-order valence-corrected chi connectivity index (χ4v) is 1.98. The average molecular weight is 209 g/mol. The molecule has 1 fully saturated rings. The van der Waals surface area contributed by atoms with Crippen molar-refractivity contribution >= 4 is 0 Å². The second-order valence-electron chi connectivity index (χ2n) is 4.30. The molecule has 0 aromatic carbocycles. The number of hydrogen-bond donors (Lipinski definition) is 1. The van der Waals surface area contributed by atoms with Crippen LogP contribution in [0.4, 0.5) is 13.2 Å². The summed E-state index contributed by atoms with van der Waals surface area (Å²) in [5.41, 5.74) is 0. The summed E-state index contributed by atoms with van der Waals surface area (Å²) in [5.74, 6) is 0.369. The first-order valence-electron chi connectivity index (χ1n) is 5.24. The number of nitrogens with one attached hydrogen (secondary N) is 1. The van der Waals surface area contributed by atoms with E-state index in [2.05, 4.69) is 5.32 Å². The molecule has 14 heavy (non-hydrogen) atoms. The standard InChI is InChI=1S/C10H18F3N/c1-7-5-3-4-6-9(7)14-8(2)10(11,12)13/h7-9,14H,3-6H2,1-2H3. The van der Waals surface area contributed by atoms with Crippen LogP contribution in [-0.2, 0) is 0 Å². The summed E-state index contributed by atoms with van der Waals surface area (Å²) < 4.78 is 36.8. The molecule has 0 aromatic heterocycles. The molecule has 1 aliphatic rings. The summed E-state index contributed by atoms with van der Waals surface area (Å²) in [4.78, 5) is 0. The molecule has 0 saturated heterocycles. The van der Waals surface area contributed by atoms with E-state index in [1.807, 2.05) is 6.92 Å². The van der Waals surface area contributed by atoms with Crippen LogP contribution in [0.3, 0.4) is 0 Å². The van der Waals surface area contributed by atoms with Crippen LogP contribution in [0.5, 0.6) is 0 Å².